The van der Waals surface area contributed by atoms with Crippen molar-refractivity contribution in [2.24, 2.45) is 0 Å². The third-order valence-corrected chi connectivity index (χ3v) is 2.58. The summed E-state index contributed by atoms with van der Waals surface area (Å²) < 4.78 is 37.3. The van der Waals surface area contributed by atoms with Crippen LogP contribution in [0.1, 0.15) is 5.69 Å². The minimum absolute atomic E-state index is 0.348. The summed E-state index contributed by atoms with van der Waals surface area (Å²) in [6.07, 6.45) is 1.53. The van der Waals surface area contributed by atoms with Crippen LogP contribution in [0.2, 0.25) is 0 Å². The molecule has 0 amide bonds. The molecule has 0 saturated carbocycles. The molecule has 0 aliphatic carbocycles. The lowest BCUT2D eigenvalue weighted by Crippen LogP contribution is -2.21. The number of carboxylic acid groups (broad SMARTS) is 1. The summed E-state index contributed by atoms with van der Waals surface area (Å²) in [6, 6.07) is 3.66. The molecule has 0 aliphatic heterocycles. The Morgan fingerprint density at radius 1 is 1.12 bits per heavy atom. The lowest BCUT2D eigenvalue weighted by atomic mass is 10.3. The predicted molar refractivity (Wildman–Crippen MR) is 77.0 cm³/mol. The lowest BCUT2D eigenvalue weighted by Gasteiger charge is -1.94. The summed E-state index contributed by atoms with van der Waals surface area (Å²) >= 11 is 0. The summed E-state index contributed by atoms with van der Waals surface area (Å²) in [5, 5.41) is 15.0. The smallest absolute Gasteiger partial charge is 0.475 e. The van der Waals surface area contributed by atoms with Crippen molar-refractivity contribution in [2.45, 2.75) is 13.1 Å². The topological polar surface area (TPSA) is 115 Å². The first kappa shape index (κ1) is 18.0. The van der Waals surface area contributed by atoms with E-state index < -0.39 is 12.1 Å². The summed E-state index contributed by atoms with van der Waals surface area (Å²) in [5.41, 5.74) is 2.17. The van der Waals surface area contributed by atoms with Gasteiger partial charge in [0.2, 0.25) is 5.89 Å². The molecule has 0 saturated heterocycles. The van der Waals surface area contributed by atoms with Crippen molar-refractivity contribution in [3.05, 3.63) is 42.6 Å². The van der Waals surface area contributed by atoms with Gasteiger partial charge in [0.25, 0.3) is 5.89 Å². The number of hydrogen-bond acceptors (Lipinski definition) is 7. The van der Waals surface area contributed by atoms with Crippen molar-refractivity contribution < 1.29 is 27.5 Å². The summed E-state index contributed by atoms with van der Waals surface area (Å²) in [7, 11) is 0. The molecule has 0 bridgehead atoms. The monoisotopic (exact) mass is 353 g/mol. The number of halogens is 3. The third-order valence-electron chi connectivity index (χ3n) is 2.58. The number of carboxylic acids is 1. The molecule has 0 fully saturated rings. The average Bonchev–Trinajstić information content (AvgIpc) is 3.06. The fourth-order valence-electron chi connectivity index (χ4n) is 1.44. The second kappa shape index (κ2) is 7.47. The first-order valence-electron chi connectivity index (χ1n) is 6.60. The Balaban J connectivity index is 0.000000277. The number of alkyl halides is 3. The van der Waals surface area contributed by atoms with E-state index in [-0.39, 0.29) is 0 Å². The van der Waals surface area contributed by atoms with Crippen LogP contribution in [0.5, 0.6) is 0 Å². The molecular weight excluding hydrogens is 343 g/mol. The van der Waals surface area contributed by atoms with Crippen molar-refractivity contribution in [3.63, 3.8) is 0 Å². The first-order valence-corrected chi connectivity index (χ1v) is 6.60. The Hall–Kier alpha value is -3.37. The van der Waals surface area contributed by atoms with Gasteiger partial charge in [-0.1, -0.05) is 0 Å². The maximum atomic E-state index is 10.6. The number of pyridine rings is 1. The second-order valence-electron chi connectivity index (χ2n) is 4.50. The quantitative estimate of drug-likeness (QED) is 0.747. The molecule has 130 valence electrons. The summed E-state index contributed by atoms with van der Waals surface area (Å²) in [5.74, 6) is -1.99. The van der Waals surface area contributed by atoms with Crippen LogP contribution in [-0.2, 0) is 4.79 Å². The van der Waals surface area contributed by atoms with Crippen molar-refractivity contribution in [3.8, 4) is 23.0 Å². The fraction of sp³-hybridized carbons (Fsp3) is 0.143. The van der Waals surface area contributed by atoms with E-state index in [1.54, 1.807) is 24.8 Å². The van der Waals surface area contributed by atoms with Gasteiger partial charge in [-0.2, -0.15) is 13.2 Å². The van der Waals surface area contributed by atoms with E-state index >= 15 is 0 Å². The van der Waals surface area contributed by atoms with Crippen LogP contribution in [0.4, 0.5) is 13.2 Å². The number of aliphatic carboxylic acids is 1. The normalized spacial score (nSPS) is 10.7. The highest BCUT2D eigenvalue weighted by atomic mass is 19.4. The van der Waals surface area contributed by atoms with E-state index in [4.69, 9.17) is 14.3 Å². The predicted octanol–water partition coefficient (Wildman–Crippen LogP) is 2.53. The summed E-state index contributed by atoms with van der Waals surface area (Å²) in [6.45, 7) is 1.87. The van der Waals surface area contributed by atoms with Crippen LogP contribution in [0.3, 0.4) is 0 Å². The van der Waals surface area contributed by atoms with Crippen molar-refractivity contribution >= 4 is 5.97 Å². The molecule has 3 aromatic heterocycles. The van der Waals surface area contributed by atoms with Crippen molar-refractivity contribution in [1.82, 2.24) is 25.1 Å². The van der Waals surface area contributed by atoms with E-state index in [0.29, 0.717) is 17.5 Å². The van der Waals surface area contributed by atoms with Crippen LogP contribution in [0, 0.1) is 6.92 Å². The van der Waals surface area contributed by atoms with Gasteiger partial charge in [0.05, 0.1) is 17.5 Å². The van der Waals surface area contributed by atoms with Crippen molar-refractivity contribution in [2.75, 3.05) is 0 Å². The molecule has 0 atom stereocenters. The molecule has 3 heterocycles. The molecule has 0 spiro atoms. The van der Waals surface area contributed by atoms with Gasteiger partial charge in [0.15, 0.2) is 0 Å². The highest BCUT2D eigenvalue weighted by molar-refractivity contribution is 5.73. The van der Waals surface area contributed by atoms with Crippen LogP contribution >= 0.6 is 0 Å². The number of aromatic nitrogens is 5. The Labute approximate surface area is 138 Å². The van der Waals surface area contributed by atoms with Crippen LogP contribution in [-0.4, -0.2) is 42.4 Å². The molecule has 3 rings (SSSR count). The number of aryl methyl sites for hydroxylation is 1. The van der Waals surface area contributed by atoms with Gasteiger partial charge in [-0.25, -0.2) is 9.78 Å². The molecule has 0 aromatic carbocycles. The average molecular weight is 353 g/mol. The second-order valence-corrected chi connectivity index (χ2v) is 4.50. The molecule has 0 aliphatic rings. The van der Waals surface area contributed by atoms with E-state index in [1.165, 1.54) is 0 Å². The molecule has 3 aromatic rings. The standard InChI is InChI=1S/C12H9N5O.C2HF3O2/c1-8-5-15-10(7-14-8)12-17-16-11(18-12)9-3-2-4-13-6-9;3-2(4,5)1(6)7/h2-7H,1H3;(H,6,7). The van der Waals surface area contributed by atoms with Gasteiger partial charge in [0, 0.05) is 18.6 Å². The van der Waals surface area contributed by atoms with Crippen molar-refractivity contribution in [1.29, 1.82) is 0 Å². The number of nitrogens with zero attached hydrogens (tertiary/aromatic N) is 5. The maximum Gasteiger partial charge on any atom is 0.490 e. The van der Waals surface area contributed by atoms with E-state index in [1.807, 2.05) is 19.1 Å². The van der Waals surface area contributed by atoms with Crippen LogP contribution in [0.25, 0.3) is 23.0 Å². The molecular formula is C14H10F3N5O3. The minimum atomic E-state index is -5.08. The number of carbonyl (C=O) groups is 1. The van der Waals surface area contributed by atoms with E-state index in [0.717, 1.165) is 11.3 Å². The Kier molecular flexibility index (Phi) is 5.37. The third kappa shape index (κ3) is 5.06. The van der Waals surface area contributed by atoms with Gasteiger partial charge in [-0.05, 0) is 19.1 Å². The van der Waals surface area contributed by atoms with E-state index in [9.17, 15) is 13.2 Å². The zero-order valence-electron chi connectivity index (χ0n) is 12.6. The molecule has 0 unspecified atom stereocenters. The summed E-state index contributed by atoms with van der Waals surface area (Å²) in [4.78, 5) is 21.2. The van der Waals surface area contributed by atoms with Crippen LogP contribution < -0.4 is 0 Å². The minimum Gasteiger partial charge on any atom is -0.475 e. The molecule has 1 N–H and O–H groups in total. The Morgan fingerprint density at radius 2 is 1.80 bits per heavy atom. The SMILES string of the molecule is Cc1cnc(-c2nnc(-c3cccnc3)o2)cn1.O=C(O)C(F)(F)F. The first-order chi connectivity index (χ1) is 11.8. The zero-order chi connectivity index (χ0) is 18.4. The fourth-order valence-corrected chi connectivity index (χ4v) is 1.44. The number of rotatable bonds is 2. The van der Waals surface area contributed by atoms with Gasteiger partial charge >= 0.3 is 12.1 Å². The maximum absolute atomic E-state index is 10.6. The molecule has 8 nitrogen and oxygen atoms in total. The van der Waals surface area contributed by atoms with Gasteiger partial charge < -0.3 is 9.52 Å². The van der Waals surface area contributed by atoms with Gasteiger partial charge in [0.1, 0.15) is 5.69 Å². The van der Waals surface area contributed by atoms with Crippen LogP contribution in [0.15, 0.2) is 41.3 Å². The Morgan fingerprint density at radius 3 is 2.32 bits per heavy atom. The Bertz CT molecular complexity index is 835. The number of hydrogen-bond donors (Lipinski definition) is 1. The molecule has 0 radical (unpaired) electrons. The van der Waals surface area contributed by atoms with Gasteiger partial charge in [-0.3, -0.25) is 9.97 Å². The highest BCUT2D eigenvalue weighted by Crippen LogP contribution is 2.21. The van der Waals surface area contributed by atoms with Gasteiger partial charge in [-0.15, -0.1) is 10.2 Å². The molecule has 25 heavy (non-hydrogen) atoms. The van der Waals surface area contributed by atoms with E-state index in [2.05, 4.69) is 25.1 Å². The lowest BCUT2D eigenvalue weighted by molar-refractivity contribution is -0.192. The highest BCUT2D eigenvalue weighted by Gasteiger charge is 2.38. The largest absolute Gasteiger partial charge is 0.490 e. The molecule has 11 heteroatoms. The zero-order valence-corrected chi connectivity index (χ0v) is 12.6.